The highest BCUT2D eigenvalue weighted by molar-refractivity contribution is 5.58. The van der Waals surface area contributed by atoms with Gasteiger partial charge in [-0.2, -0.15) is 4.39 Å². The highest BCUT2D eigenvalue weighted by Crippen LogP contribution is 2.23. The lowest BCUT2D eigenvalue weighted by atomic mass is 10.1. The van der Waals surface area contributed by atoms with Gasteiger partial charge in [-0.15, -0.1) is 0 Å². The number of halogens is 2. The lowest BCUT2D eigenvalue weighted by molar-refractivity contribution is -0.107. The van der Waals surface area contributed by atoms with Crippen molar-refractivity contribution in [2.75, 3.05) is 7.11 Å². The third-order valence-corrected chi connectivity index (χ3v) is 1.83. The van der Waals surface area contributed by atoms with Crippen LogP contribution in [0.5, 0.6) is 5.75 Å². The van der Waals surface area contributed by atoms with Crippen LogP contribution in [0.15, 0.2) is 18.2 Å². The number of aldehydes is 1. The third kappa shape index (κ3) is 2.62. The molecule has 1 aromatic rings. The highest BCUT2D eigenvalue weighted by Gasteiger charge is 2.11. The molecule has 1 aromatic carbocycles. The number of benzene rings is 1. The van der Waals surface area contributed by atoms with Gasteiger partial charge in [0.25, 0.3) is 0 Å². The first kappa shape index (κ1) is 11.4. The van der Waals surface area contributed by atoms with Gasteiger partial charge in [-0.05, 0) is 12.1 Å². The summed E-state index contributed by atoms with van der Waals surface area (Å²) in [6.45, 7) is 0. The molecule has 2 nitrogen and oxygen atoms in total. The number of rotatable bonds is 4. The van der Waals surface area contributed by atoms with Crippen molar-refractivity contribution >= 4 is 12.4 Å². The summed E-state index contributed by atoms with van der Waals surface area (Å²) in [6.07, 6.45) is 3.66. The molecule has 0 saturated heterocycles. The van der Waals surface area contributed by atoms with Gasteiger partial charge in [0.1, 0.15) is 6.29 Å². The summed E-state index contributed by atoms with van der Waals surface area (Å²) in [5.74, 6) is -2.14. The number of allylic oxidation sites excluding steroid dienone is 1. The van der Waals surface area contributed by atoms with Crippen molar-refractivity contribution < 1.29 is 18.3 Å². The fraction of sp³-hybridized carbons (Fsp3) is 0.182. The molecule has 0 aliphatic rings. The van der Waals surface area contributed by atoms with E-state index in [1.165, 1.54) is 31.4 Å². The molecular weight excluding hydrogens is 202 g/mol. The number of methoxy groups -OCH3 is 1. The minimum Gasteiger partial charge on any atom is -0.494 e. The maximum Gasteiger partial charge on any atom is 0.201 e. The van der Waals surface area contributed by atoms with Crippen LogP contribution in [0, 0.1) is 11.6 Å². The first-order valence-electron chi connectivity index (χ1n) is 4.33. The van der Waals surface area contributed by atoms with Gasteiger partial charge in [0, 0.05) is 12.0 Å². The normalized spacial score (nSPS) is 10.6. The maximum absolute atomic E-state index is 13.3. The molecule has 0 fully saturated rings. The summed E-state index contributed by atoms with van der Waals surface area (Å²) in [6, 6.07) is 2.72. The summed E-state index contributed by atoms with van der Waals surface area (Å²) in [4.78, 5) is 10.0. The van der Waals surface area contributed by atoms with Crippen LogP contribution in [0.2, 0.25) is 0 Å². The molecule has 4 heteroatoms. The van der Waals surface area contributed by atoms with Crippen molar-refractivity contribution in [1.82, 2.24) is 0 Å². The van der Waals surface area contributed by atoms with Gasteiger partial charge < -0.3 is 9.53 Å². The molecule has 15 heavy (non-hydrogen) atoms. The predicted octanol–water partition coefficient (Wildman–Crippen LogP) is 2.58. The Labute approximate surface area is 86.2 Å². The van der Waals surface area contributed by atoms with Gasteiger partial charge in [-0.3, -0.25) is 0 Å². The summed E-state index contributed by atoms with van der Waals surface area (Å²) in [7, 11) is 1.26. The zero-order valence-electron chi connectivity index (χ0n) is 8.17. The third-order valence-electron chi connectivity index (χ3n) is 1.83. The Hall–Kier alpha value is -1.71. The molecule has 0 N–H and O–H groups in total. The van der Waals surface area contributed by atoms with E-state index in [0.717, 1.165) is 0 Å². The predicted molar refractivity (Wildman–Crippen MR) is 52.6 cm³/mol. The average Bonchev–Trinajstić information content (AvgIpc) is 2.25. The fourth-order valence-corrected chi connectivity index (χ4v) is 1.08. The van der Waals surface area contributed by atoms with Gasteiger partial charge in [0.05, 0.1) is 7.11 Å². The smallest absolute Gasteiger partial charge is 0.201 e. The Bertz CT molecular complexity index is 386. The van der Waals surface area contributed by atoms with E-state index in [0.29, 0.717) is 6.29 Å². The molecule has 0 aromatic heterocycles. The SMILES string of the molecule is COc1ccc(C=CCC=O)c(F)c1F. The van der Waals surface area contributed by atoms with Gasteiger partial charge >= 0.3 is 0 Å². The van der Waals surface area contributed by atoms with Crippen molar-refractivity contribution in [3.63, 3.8) is 0 Å². The Balaban J connectivity index is 3.01. The van der Waals surface area contributed by atoms with Gasteiger partial charge in [-0.25, -0.2) is 4.39 Å². The Morgan fingerprint density at radius 3 is 2.67 bits per heavy atom. The van der Waals surface area contributed by atoms with E-state index in [4.69, 9.17) is 0 Å². The zero-order valence-corrected chi connectivity index (χ0v) is 8.17. The van der Waals surface area contributed by atoms with Crippen LogP contribution in [0.3, 0.4) is 0 Å². The Kier molecular flexibility index (Phi) is 3.97. The number of carbonyl (C=O) groups is 1. The number of carbonyl (C=O) groups excluding carboxylic acids is 1. The lowest BCUT2D eigenvalue weighted by Crippen LogP contribution is -1.94. The molecule has 0 atom stereocenters. The summed E-state index contributed by atoms with van der Waals surface area (Å²) < 4.78 is 31.1. The lowest BCUT2D eigenvalue weighted by Gasteiger charge is -2.04. The maximum atomic E-state index is 13.3. The van der Waals surface area contributed by atoms with Crippen molar-refractivity contribution in [3.05, 3.63) is 35.4 Å². The highest BCUT2D eigenvalue weighted by atomic mass is 19.2. The van der Waals surface area contributed by atoms with Gasteiger partial charge in [0.15, 0.2) is 11.6 Å². The summed E-state index contributed by atoms with van der Waals surface area (Å²) in [5, 5.41) is 0. The first-order chi connectivity index (χ1) is 7.20. The van der Waals surface area contributed by atoms with Crippen molar-refractivity contribution in [2.24, 2.45) is 0 Å². The van der Waals surface area contributed by atoms with E-state index in [9.17, 15) is 13.6 Å². The monoisotopic (exact) mass is 212 g/mol. The summed E-state index contributed by atoms with van der Waals surface area (Å²) >= 11 is 0. The van der Waals surface area contributed by atoms with Crippen LogP contribution < -0.4 is 4.74 Å². The van der Waals surface area contributed by atoms with E-state index >= 15 is 0 Å². The van der Waals surface area contributed by atoms with Crippen LogP contribution in [0.4, 0.5) is 8.78 Å². The second-order valence-electron chi connectivity index (χ2n) is 2.79. The molecule has 0 saturated carbocycles. The Morgan fingerprint density at radius 1 is 1.33 bits per heavy atom. The van der Waals surface area contributed by atoms with E-state index in [1.807, 2.05) is 0 Å². The van der Waals surface area contributed by atoms with E-state index in [2.05, 4.69) is 4.74 Å². The van der Waals surface area contributed by atoms with Crippen LogP contribution >= 0.6 is 0 Å². The minimum absolute atomic E-state index is 0.0927. The van der Waals surface area contributed by atoms with E-state index in [-0.39, 0.29) is 17.7 Å². The molecule has 80 valence electrons. The van der Waals surface area contributed by atoms with Crippen LogP contribution in [-0.2, 0) is 4.79 Å². The topological polar surface area (TPSA) is 26.3 Å². The van der Waals surface area contributed by atoms with Crippen molar-refractivity contribution in [3.8, 4) is 5.75 Å². The molecule has 0 aliphatic carbocycles. The average molecular weight is 212 g/mol. The molecule has 0 heterocycles. The molecule has 0 aliphatic heterocycles. The standard InChI is InChI=1S/C11H10F2O2/c1-15-9-6-5-8(4-2-3-7-14)10(12)11(9)13/h2,4-7H,3H2,1H3. The molecule has 1 rings (SSSR count). The zero-order chi connectivity index (χ0) is 11.3. The van der Waals surface area contributed by atoms with Gasteiger partial charge in [0.2, 0.25) is 5.82 Å². The number of hydrogen-bond acceptors (Lipinski definition) is 2. The van der Waals surface area contributed by atoms with Crippen LogP contribution in [0.1, 0.15) is 12.0 Å². The van der Waals surface area contributed by atoms with Crippen molar-refractivity contribution in [2.45, 2.75) is 6.42 Å². The summed E-state index contributed by atoms with van der Waals surface area (Å²) in [5.41, 5.74) is 0.0927. The van der Waals surface area contributed by atoms with Crippen LogP contribution in [-0.4, -0.2) is 13.4 Å². The molecule has 0 unspecified atom stereocenters. The van der Waals surface area contributed by atoms with Crippen molar-refractivity contribution in [1.29, 1.82) is 0 Å². The molecule has 0 spiro atoms. The van der Waals surface area contributed by atoms with Crippen LogP contribution in [0.25, 0.3) is 6.08 Å². The second kappa shape index (κ2) is 5.24. The van der Waals surface area contributed by atoms with E-state index in [1.54, 1.807) is 0 Å². The first-order valence-corrected chi connectivity index (χ1v) is 4.33. The number of hydrogen-bond donors (Lipinski definition) is 0. The fourth-order valence-electron chi connectivity index (χ4n) is 1.08. The second-order valence-corrected chi connectivity index (χ2v) is 2.79. The largest absolute Gasteiger partial charge is 0.494 e. The number of ether oxygens (including phenoxy) is 1. The van der Waals surface area contributed by atoms with E-state index < -0.39 is 11.6 Å². The minimum atomic E-state index is -1.02. The quantitative estimate of drug-likeness (QED) is 0.717. The molecule has 0 amide bonds. The molecular formula is C11H10F2O2. The Morgan fingerprint density at radius 2 is 2.07 bits per heavy atom. The molecule has 0 radical (unpaired) electrons. The van der Waals surface area contributed by atoms with Gasteiger partial charge in [-0.1, -0.05) is 12.2 Å². The molecule has 0 bridgehead atoms.